The van der Waals surface area contributed by atoms with Crippen LogP contribution >= 0.6 is 0 Å². The van der Waals surface area contributed by atoms with Gasteiger partial charge < -0.3 is 9.47 Å². The van der Waals surface area contributed by atoms with Gasteiger partial charge in [-0.05, 0) is 36.0 Å². The highest BCUT2D eigenvalue weighted by Gasteiger charge is 2.17. The average Bonchev–Trinajstić information content (AvgIpc) is 2.46. The van der Waals surface area contributed by atoms with Gasteiger partial charge >= 0.3 is 5.97 Å². The van der Waals surface area contributed by atoms with Gasteiger partial charge in [-0.1, -0.05) is 46.2 Å². The number of unbranched alkanes of at least 4 members (excludes halogenated alkanes) is 1. The molecule has 0 unspecified atom stereocenters. The van der Waals surface area contributed by atoms with Crippen LogP contribution in [0.15, 0.2) is 24.3 Å². The van der Waals surface area contributed by atoms with E-state index < -0.39 is 0 Å². The van der Waals surface area contributed by atoms with Gasteiger partial charge in [0.25, 0.3) is 0 Å². The molecule has 1 aromatic rings. The van der Waals surface area contributed by atoms with Crippen molar-refractivity contribution in [2.45, 2.75) is 52.4 Å². The Labute approximate surface area is 122 Å². The molecule has 1 rings (SSSR count). The molecular formula is C17H26O3. The largest absolute Gasteiger partial charge is 0.482 e. The second-order valence-electron chi connectivity index (χ2n) is 5.62. The van der Waals surface area contributed by atoms with Crippen LogP contribution in [0.5, 0.6) is 5.75 Å². The molecule has 0 N–H and O–H groups in total. The number of carbonyl (C=O) groups excluding carboxylic acids is 1. The Hall–Kier alpha value is -1.51. The molecule has 3 nitrogen and oxygen atoms in total. The molecular weight excluding hydrogens is 252 g/mol. The van der Waals surface area contributed by atoms with Crippen molar-refractivity contribution in [1.82, 2.24) is 0 Å². The van der Waals surface area contributed by atoms with Crippen molar-refractivity contribution in [1.29, 1.82) is 0 Å². The summed E-state index contributed by atoms with van der Waals surface area (Å²) in [6.07, 6.45) is 2.99. The highest BCUT2D eigenvalue weighted by molar-refractivity contribution is 5.71. The van der Waals surface area contributed by atoms with E-state index >= 15 is 0 Å². The summed E-state index contributed by atoms with van der Waals surface area (Å²) in [7, 11) is 0. The van der Waals surface area contributed by atoms with E-state index in [4.69, 9.17) is 9.47 Å². The molecule has 0 amide bonds. The summed E-state index contributed by atoms with van der Waals surface area (Å²) in [5.74, 6) is 0.393. The first-order valence-corrected chi connectivity index (χ1v) is 7.38. The molecule has 0 aliphatic carbocycles. The minimum Gasteiger partial charge on any atom is -0.482 e. The van der Waals surface area contributed by atoms with Gasteiger partial charge in [0.1, 0.15) is 5.75 Å². The minimum atomic E-state index is -0.309. The summed E-state index contributed by atoms with van der Waals surface area (Å²) in [6, 6.07) is 7.93. The zero-order valence-corrected chi connectivity index (χ0v) is 13.1. The van der Waals surface area contributed by atoms with Crippen LogP contribution in [0.2, 0.25) is 0 Å². The van der Waals surface area contributed by atoms with E-state index in [0.717, 1.165) is 19.3 Å². The topological polar surface area (TPSA) is 35.5 Å². The zero-order valence-electron chi connectivity index (χ0n) is 13.1. The Balaban J connectivity index is 2.44. The maximum atomic E-state index is 11.4. The molecule has 0 aromatic heterocycles. The van der Waals surface area contributed by atoms with Crippen molar-refractivity contribution in [3.8, 4) is 5.75 Å². The predicted octanol–water partition coefficient (Wildman–Crippen LogP) is 4.10. The lowest BCUT2D eigenvalue weighted by Gasteiger charge is -2.23. The van der Waals surface area contributed by atoms with E-state index in [1.165, 1.54) is 5.56 Å². The van der Waals surface area contributed by atoms with E-state index in [9.17, 15) is 4.79 Å². The third kappa shape index (κ3) is 5.24. The second kappa shape index (κ2) is 7.93. The maximum absolute atomic E-state index is 11.4. The third-order valence-electron chi connectivity index (χ3n) is 3.64. The van der Waals surface area contributed by atoms with E-state index in [0.29, 0.717) is 12.4 Å². The second-order valence-corrected chi connectivity index (χ2v) is 5.62. The number of hydrogen-bond acceptors (Lipinski definition) is 3. The Bertz CT molecular complexity index is 407. The van der Waals surface area contributed by atoms with E-state index in [1.54, 1.807) is 0 Å². The number of carbonyl (C=O) groups is 1. The molecule has 0 heterocycles. The van der Waals surface area contributed by atoms with Gasteiger partial charge in [-0.2, -0.15) is 0 Å². The monoisotopic (exact) mass is 278 g/mol. The maximum Gasteiger partial charge on any atom is 0.344 e. The standard InChI is InChI=1S/C17H26O3/c1-5-7-12-19-16(18)13-20-15-10-8-14(9-11-15)17(3,4)6-2/h8-11H,5-7,12-13H2,1-4H3. The number of esters is 1. The molecule has 0 aliphatic rings. The number of ether oxygens (including phenoxy) is 2. The average molecular weight is 278 g/mol. The van der Waals surface area contributed by atoms with Crippen LogP contribution in [0.25, 0.3) is 0 Å². The Morgan fingerprint density at radius 1 is 1.15 bits per heavy atom. The van der Waals surface area contributed by atoms with Crippen molar-refractivity contribution < 1.29 is 14.3 Å². The van der Waals surface area contributed by atoms with Crippen LogP contribution < -0.4 is 4.74 Å². The summed E-state index contributed by atoms with van der Waals surface area (Å²) in [5.41, 5.74) is 1.44. The van der Waals surface area contributed by atoms with Crippen LogP contribution in [0.3, 0.4) is 0 Å². The molecule has 3 heteroatoms. The van der Waals surface area contributed by atoms with Gasteiger partial charge in [-0.25, -0.2) is 4.79 Å². The summed E-state index contributed by atoms with van der Waals surface area (Å²) in [4.78, 5) is 11.4. The first-order chi connectivity index (χ1) is 9.49. The van der Waals surface area contributed by atoms with Gasteiger partial charge in [0.05, 0.1) is 6.61 Å². The zero-order chi connectivity index (χ0) is 15.0. The van der Waals surface area contributed by atoms with Crippen molar-refractivity contribution in [3.05, 3.63) is 29.8 Å². The smallest absolute Gasteiger partial charge is 0.344 e. The summed E-state index contributed by atoms with van der Waals surface area (Å²) in [5, 5.41) is 0. The quantitative estimate of drug-likeness (QED) is 0.530. The molecule has 112 valence electrons. The van der Waals surface area contributed by atoms with E-state index in [2.05, 4.69) is 39.8 Å². The summed E-state index contributed by atoms with van der Waals surface area (Å²) in [6.45, 7) is 9.12. The van der Waals surface area contributed by atoms with Crippen LogP contribution in [0.1, 0.15) is 52.5 Å². The Morgan fingerprint density at radius 3 is 2.35 bits per heavy atom. The molecule has 0 fully saturated rings. The summed E-state index contributed by atoms with van der Waals surface area (Å²) < 4.78 is 10.5. The van der Waals surface area contributed by atoms with Crippen molar-refractivity contribution in [3.63, 3.8) is 0 Å². The Morgan fingerprint density at radius 2 is 1.80 bits per heavy atom. The van der Waals surface area contributed by atoms with Gasteiger partial charge in [0.15, 0.2) is 6.61 Å². The lowest BCUT2D eigenvalue weighted by molar-refractivity contribution is -0.146. The summed E-state index contributed by atoms with van der Waals surface area (Å²) >= 11 is 0. The van der Waals surface area contributed by atoms with Gasteiger partial charge in [-0.15, -0.1) is 0 Å². The van der Waals surface area contributed by atoms with Crippen molar-refractivity contribution >= 4 is 5.97 Å². The van der Waals surface area contributed by atoms with Crippen molar-refractivity contribution in [2.75, 3.05) is 13.2 Å². The van der Waals surface area contributed by atoms with Crippen LogP contribution in [0, 0.1) is 0 Å². The first kappa shape index (κ1) is 16.5. The molecule has 0 saturated carbocycles. The lowest BCUT2D eigenvalue weighted by Crippen LogP contribution is -2.16. The number of benzene rings is 1. The normalized spacial score (nSPS) is 11.2. The predicted molar refractivity (Wildman–Crippen MR) is 81.1 cm³/mol. The van der Waals surface area contributed by atoms with Crippen molar-refractivity contribution in [2.24, 2.45) is 0 Å². The third-order valence-corrected chi connectivity index (χ3v) is 3.64. The fraction of sp³-hybridized carbons (Fsp3) is 0.588. The molecule has 0 atom stereocenters. The number of hydrogen-bond donors (Lipinski definition) is 0. The first-order valence-electron chi connectivity index (χ1n) is 7.38. The fourth-order valence-corrected chi connectivity index (χ4v) is 1.72. The molecule has 0 aliphatic heterocycles. The van der Waals surface area contributed by atoms with Gasteiger partial charge in [-0.3, -0.25) is 0 Å². The number of rotatable bonds is 8. The molecule has 0 spiro atoms. The van der Waals surface area contributed by atoms with Crippen LogP contribution in [-0.2, 0) is 14.9 Å². The molecule has 0 radical (unpaired) electrons. The van der Waals surface area contributed by atoms with E-state index in [1.807, 2.05) is 12.1 Å². The highest BCUT2D eigenvalue weighted by Crippen LogP contribution is 2.27. The Kier molecular flexibility index (Phi) is 6.56. The molecule has 1 aromatic carbocycles. The van der Waals surface area contributed by atoms with Crippen LogP contribution in [-0.4, -0.2) is 19.2 Å². The lowest BCUT2D eigenvalue weighted by atomic mass is 9.82. The van der Waals surface area contributed by atoms with E-state index in [-0.39, 0.29) is 18.0 Å². The minimum absolute atomic E-state index is 0.0275. The molecule has 0 saturated heterocycles. The van der Waals surface area contributed by atoms with Crippen LogP contribution in [0.4, 0.5) is 0 Å². The highest BCUT2D eigenvalue weighted by atomic mass is 16.6. The SMILES string of the molecule is CCCCOC(=O)COc1ccc(C(C)(C)CC)cc1. The molecule has 20 heavy (non-hydrogen) atoms. The molecule has 0 bridgehead atoms. The van der Waals surface area contributed by atoms with Gasteiger partial charge in [0, 0.05) is 0 Å². The fourth-order valence-electron chi connectivity index (χ4n) is 1.72. The van der Waals surface area contributed by atoms with Gasteiger partial charge in [0.2, 0.25) is 0 Å².